The Morgan fingerprint density at radius 2 is 2.43 bits per heavy atom. The predicted octanol–water partition coefficient (Wildman–Crippen LogP) is 1.59. The van der Waals surface area contributed by atoms with Gasteiger partial charge in [0.05, 0.1) is 16.8 Å². The van der Waals surface area contributed by atoms with Gasteiger partial charge in [-0.15, -0.1) is 0 Å². The molecule has 1 atom stereocenters. The van der Waals surface area contributed by atoms with Crippen molar-refractivity contribution in [1.82, 2.24) is 0 Å². The Morgan fingerprint density at radius 3 is 2.93 bits per heavy atom. The molecule has 1 aliphatic rings. The summed E-state index contributed by atoms with van der Waals surface area (Å²) in [5.41, 5.74) is -0.910. The molecule has 0 aromatic carbocycles. The van der Waals surface area contributed by atoms with Crippen LogP contribution in [0.3, 0.4) is 0 Å². The molecule has 5 nitrogen and oxygen atoms in total. The van der Waals surface area contributed by atoms with E-state index in [-0.39, 0.29) is 12.1 Å². The Morgan fingerprint density at radius 1 is 1.79 bits per heavy atom. The third kappa shape index (κ3) is 1.99. The smallest absolute Gasteiger partial charge is 0.304 e. The first-order valence-corrected chi connectivity index (χ1v) is 4.19. The fourth-order valence-corrected chi connectivity index (χ4v) is 1.57. The van der Waals surface area contributed by atoms with E-state index in [1.54, 1.807) is 19.1 Å². The van der Waals surface area contributed by atoms with Crippen molar-refractivity contribution >= 4 is 5.97 Å². The lowest BCUT2D eigenvalue weighted by Gasteiger charge is -2.24. The number of hydrogen-bond acceptors (Lipinski definition) is 3. The highest BCUT2D eigenvalue weighted by atomic mass is 16.6. The van der Waals surface area contributed by atoms with E-state index in [1.165, 1.54) is 6.08 Å². The van der Waals surface area contributed by atoms with Crippen LogP contribution in [0.15, 0.2) is 23.9 Å². The molecule has 0 aromatic rings. The Bertz CT molecular complexity index is 332. The number of nitrogens with zero attached hydrogens (tertiary/aromatic N) is 1. The zero-order valence-electron chi connectivity index (χ0n) is 7.77. The van der Waals surface area contributed by atoms with Crippen LogP contribution >= 0.6 is 0 Å². The minimum atomic E-state index is -1.02. The molecule has 0 radical (unpaired) electrons. The van der Waals surface area contributed by atoms with Gasteiger partial charge in [-0.25, -0.2) is 0 Å². The van der Waals surface area contributed by atoms with Crippen LogP contribution in [0.1, 0.15) is 19.8 Å². The van der Waals surface area contributed by atoms with Gasteiger partial charge in [0.25, 0.3) is 5.70 Å². The SMILES string of the molecule is CC1(CC(=O)O)CC=CC=C1[N+](=O)[O-]. The zero-order chi connectivity index (χ0) is 10.8. The molecule has 0 aliphatic heterocycles. The molecule has 0 bridgehead atoms. The summed E-state index contributed by atoms with van der Waals surface area (Å²) in [6, 6.07) is 0. The molecule has 0 heterocycles. The predicted molar refractivity (Wildman–Crippen MR) is 49.2 cm³/mol. The van der Waals surface area contributed by atoms with Gasteiger partial charge in [0.1, 0.15) is 0 Å². The van der Waals surface area contributed by atoms with E-state index >= 15 is 0 Å². The molecule has 0 aromatic heterocycles. The molecule has 14 heavy (non-hydrogen) atoms. The molecule has 0 spiro atoms. The van der Waals surface area contributed by atoms with Crippen molar-refractivity contribution in [2.75, 3.05) is 0 Å². The second-order valence-corrected chi connectivity index (χ2v) is 3.57. The lowest BCUT2D eigenvalue weighted by molar-refractivity contribution is -0.440. The number of nitro groups is 1. The number of carboxylic acid groups (broad SMARTS) is 1. The molecule has 0 amide bonds. The second kappa shape index (κ2) is 3.61. The summed E-state index contributed by atoms with van der Waals surface area (Å²) < 4.78 is 0. The van der Waals surface area contributed by atoms with E-state index in [9.17, 15) is 14.9 Å². The van der Waals surface area contributed by atoms with Crippen molar-refractivity contribution in [3.63, 3.8) is 0 Å². The normalized spacial score (nSPS) is 25.6. The molecular formula is C9H11NO4. The van der Waals surface area contributed by atoms with Crippen LogP contribution < -0.4 is 0 Å². The molecule has 1 N–H and O–H groups in total. The maximum Gasteiger partial charge on any atom is 0.304 e. The monoisotopic (exact) mass is 197 g/mol. The van der Waals surface area contributed by atoms with Crippen LogP contribution in [0.4, 0.5) is 0 Å². The average Bonchev–Trinajstić information content (AvgIpc) is 2.01. The summed E-state index contributed by atoms with van der Waals surface area (Å²) in [6.07, 6.45) is 4.88. The Hall–Kier alpha value is -1.65. The number of allylic oxidation sites excluding steroid dienone is 4. The van der Waals surface area contributed by atoms with Gasteiger partial charge in [-0.3, -0.25) is 14.9 Å². The van der Waals surface area contributed by atoms with Crippen molar-refractivity contribution in [1.29, 1.82) is 0 Å². The van der Waals surface area contributed by atoms with Gasteiger partial charge in [0.2, 0.25) is 0 Å². The summed E-state index contributed by atoms with van der Waals surface area (Å²) in [5.74, 6) is -1.02. The fraction of sp³-hybridized carbons (Fsp3) is 0.444. The van der Waals surface area contributed by atoms with Crippen LogP contribution in [-0.4, -0.2) is 16.0 Å². The molecule has 76 valence electrons. The maximum atomic E-state index is 10.7. The lowest BCUT2D eigenvalue weighted by atomic mass is 9.78. The zero-order valence-corrected chi connectivity index (χ0v) is 7.77. The lowest BCUT2D eigenvalue weighted by Crippen LogP contribution is -2.28. The summed E-state index contributed by atoms with van der Waals surface area (Å²) in [7, 11) is 0. The van der Waals surface area contributed by atoms with Gasteiger partial charge in [-0.2, -0.15) is 0 Å². The summed E-state index contributed by atoms with van der Waals surface area (Å²) in [5, 5.41) is 19.3. The molecule has 5 heteroatoms. The topological polar surface area (TPSA) is 80.4 Å². The first kappa shape index (κ1) is 10.4. The maximum absolute atomic E-state index is 10.7. The van der Waals surface area contributed by atoms with Crippen LogP contribution in [0.2, 0.25) is 0 Å². The van der Waals surface area contributed by atoms with Gasteiger partial charge in [-0.05, 0) is 13.3 Å². The van der Waals surface area contributed by atoms with E-state index in [2.05, 4.69) is 0 Å². The molecule has 0 fully saturated rings. The fourth-order valence-electron chi connectivity index (χ4n) is 1.57. The van der Waals surface area contributed by atoms with Gasteiger partial charge in [0.15, 0.2) is 0 Å². The number of rotatable bonds is 3. The number of hydrogen-bond donors (Lipinski definition) is 1. The second-order valence-electron chi connectivity index (χ2n) is 3.57. The van der Waals surface area contributed by atoms with Crippen molar-refractivity contribution in [3.05, 3.63) is 34.0 Å². The quantitative estimate of drug-likeness (QED) is 0.550. The number of carbonyl (C=O) groups is 1. The molecule has 0 saturated heterocycles. The molecule has 1 rings (SSSR count). The Labute approximate surface area is 80.9 Å². The van der Waals surface area contributed by atoms with Crippen molar-refractivity contribution in [2.24, 2.45) is 5.41 Å². The molecule has 1 aliphatic carbocycles. The summed E-state index contributed by atoms with van der Waals surface area (Å²) >= 11 is 0. The highest BCUT2D eigenvalue weighted by molar-refractivity contribution is 5.68. The van der Waals surface area contributed by atoms with E-state index < -0.39 is 16.3 Å². The first-order valence-electron chi connectivity index (χ1n) is 4.19. The highest BCUT2D eigenvalue weighted by Gasteiger charge is 2.40. The molecule has 1 unspecified atom stereocenters. The van der Waals surface area contributed by atoms with Gasteiger partial charge in [-0.1, -0.05) is 12.2 Å². The Kier molecular flexibility index (Phi) is 2.69. The number of carboxylic acids is 1. The Balaban J connectivity index is 2.97. The molecule has 0 saturated carbocycles. The summed E-state index contributed by atoms with van der Waals surface area (Å²) in [4.78, 5) is 20.7. The average molecular weight is 197 g/mol. The van der Waals surface area contributed by atoms with Crippen molar-refractivity contribution < 1.29 is 14.8 Å². The van der Waals surface area contributed by atoms with Gasteiger partial charge < -0.3 is 5.11 Å². The highest BCUT2D eigenvalue weighted by Crippen LogP contribution is 2.37. The van der Waals surface area contributed by atoms with Gasteiger partial charge in [0, 0.05) is 6.08 Å². The van der Waals surface area contributed by atoms with Crippen molar-refractivity contribution in [3.8, 4) is 0 Å². The largest absolute Gasteiger partial charge is 0.481 e. The third-order valence-corrected chi connectivity index (χ3v) is 2.32. The van der Waals surface area contributed by atoms with Crippen LogP contribution in [0.25, 0.3) is 0 Å². The van der Waals surface area contributed by atoms with Crippen LogP contribution in [0, 0.1) is 15.5 Å². The molecular weight excluding hydrogens is 186 g/mol. The van der Waals surface area contributed by atoms with E-state index in [0.29, 0.717) is 6.42 Å². The van der Waals surface area contributed by atoms with Gasteiger partial charge >= 0.3 is 5.97 Å². The minimum absolute atomic E-state index is 0.0256. The summed E-state index contributed by atoms with van der Waals surface area (Å²) in [6.45, 7) is 1.60. The van der Waals surface area contributed by atoms with Crippen LogP contribution in [-0.2, 0) is 4.79 Å². The first-order chi connectivity index (χ1) is 6.46. The standard InChI is InChI=1S/C9H11NO4/c1-9(6-8(11)12)5-3-2-4-7(9)10(13)14/h2-4H,5-6H2,1H3,(H,11,12). The third-order valence-electron chi connectivity index (χ3n) is 2.32. The van der Waals surface area contributed by atoms with E-state index in [4.69, 9.17) is 5.11 Å². The van der Waals surface area contributed by atoms with E-state index in [1.807, 2.05) is 0 Å². The van der Waals surface area contributed by atoms with E-state index in [0.717, 1.165) is 0 Å². The van der Waals surface area contributed by atoms with Crippen LogP contribution in [0.5, 0.6) is 0 Å². The number of aliphatic carboxylic acids is 1. The minimum Gasteiger partial charge on any atom is -0.481 e. The van der Waals surface area contributed by atoms with Crippen molar-refractivity contribution in [2.45, 2.75) is 19.8 Å².